The maximum Gasteiger partial charge on any atom is 0.0862 e. The molecule has 0 bridgehead atoms. The van der Waals surface area contributed by atoms with Crippen LogP contribution in [0.25, 0.3) is 22.0 Å². The van der Waals surface area contributed by atoms with Crippen molar-refractivity contribution in [1.29, 1.82) is 0 Å². The summed E-state index contributed by atoms with van der Waals surface area (Å²) in [5.74, 6) is 0. The van der Waals surface area contributed by atoms with Gasteiger partial charge in [-0.2, -0.15) is 0 Å². The molecule has 0 aliphatic rings. The quantitative estimate of drug-likeness (QED) is 0.691. The van der Waals surface area contributed by atoms with Gasteiger partial charge in [0, 0.05) is 29.0 Å². The molecule has 86 valence electrons. The predicted molar refractivity (Wildman–Crippen MR) is 75.4 cm³/mol. The van der Waals surface area contributed by atoms with Crippen LogP contribution in [0.1, 0.15) is 5.69 Å². The third kappa shape index (κ3) is 1.63. The van der Waals surface area contributed by atoms with E-state index in [0.29, 0.717) is 0 Å². The van der Waals surface area contributed by atoms with Gasteiger partial charge in [0.1, 0.15) is 0 Å². The molecule has 0 fully saturated rings. The van der Waals surface area contributed by atoms with Crippen LogP contribution in [0.2, 0.25) is 0 Å². The van der Waals surface area contributed by atoms with Crippen LogP contribution in [0.3, 0.4) is 0 Å². The Morgan fingerprint density at radius 2 is 1.94 bits per heavy atom. The van der Waals surface area contributed by atoms with Crippen LogP contribution in [0.15, 0.2) is 35.7 Å². The number of hydrogen-bond acceptors (Lipinski definition) is 2. The van der Waals surface area contributed by atoms with Gasteiger partial charge in [-0.15, -0.1) is 11.3 Å². The maximum absolute atomic E-state index is 5.77. The maximum atomic E-state index is 5.77. The number of thiophene rings is 1. The van der Waals surface area contributed by atoms with E-state index < -0.39 is 0 Å². The van der Waals surface area contributed by atoms with E-state index in [1.165, 1.54) is 27.7 Å². The molecule has 0 spiro atoms. The monoisotopic (exact) mass is 242 g/mol. The smallest absolute Gasteiger partial charge is 0.0862 e. The van der Waals surface area contributed by atoms with Crippen LogP contribution in [-0.4, -0.2) is 4.57 Å². The van der Waals surface area contributed by atoms with Crippen LogP contribution in [0, 0.1) is 6.92 Å². The fourth-order valence-corrected chi connectivity index (χ4v) is 2.83. The minimum absolute atomic E-state index is 0.865. The number of benzene rings is 1. The lowest BCUT2D eigenvalue weighted by Crippen LogP contribution is -1.88. The highest BCUT2D eigenvalue weighted by Gasteiger charge is 2.05. The number of nitrogens with zero attached hydrogens (tertiary/aromatic N) is 1. The molecule has 3 heteroatoms. The van der Waals surface area contributed by atoms with Crippen molar-refractivity contribution in [2.75, 3.05) is 5.73 Å². The summed E-state index contributed by atoms with van der Waals surface area (Å²) in [6.07, 6.45) is 0. The van der Waals surface area contributed by atoms with Crippen LogP contribution in [0.4, 0.5) is 5.00 Å². The van der Waals surface area contributed by atoms with Crippen LogP contribution in [0.5, 0.6) is 0 Å². The van der Waals surface area contributed by atoms with Gasteiger partial charge >= 0.3 is 0 Å². The standard InChI is InChI=1S/C14H14N2S/c1-9-5-11-6-10(3-4-13(11)16(9)2)12-7-14(15)17-8-12/h3-8H,15H2,1-2H3. The summed E-state index contributed by atoms with van der Waals surface area (Å²) in [6.45, 7) is 2.13. The minimum atomic E-state index is 0.865. The van der Waals surface area contributed by atoms with Gasteiger partial charge in [-0.1, -0.05) is 6.07 Å². The van der Waals surface area contributed by atoms with Crippen molar-refractivity contribution in [2.45, 2.75) is 6.92 Å². The Hall–Kier alpha value is -1.74. The normalized spacial score (nSPS) is 11.2. The van der Waals surface area contributed by atoms with Crippen molar-refractivity contribution in [3.8, 4) is 11.1 Å². The van der Waals surface area contributed by atoms with Crippen LogP contribution in [-0.2, 0) is 7.05 Å². The Morgan fingerprint density at radius 3 is 2.65 bits per heavy atom. The Bertz CT molecular complexity index is 691. The molecule has 17 heavy (non-hydrogen) atoms. The van der Waals surface area contributed by atoms with Gasteiger partial charge in [-0.3, -0.25) is 0 Å². The molecule has 0 atom stereocenters. The molecule has 2 N–H and O–H groups in total. The summed E-state index contributed by atoms with van der Waals surface area (Å²) in [5.41, 5.74) is 10.8. The number of rotatable bonds is 1. The lowest BCUT2D eigenvalue weighted by molar-refractivity contribution is 0.918. The lowest BCUT2D eigenvalue weighted by Gasteiger charge is -2.01. The molecule has 1 aromatic carbocycles. The number of nitrogens with two attached hydrogens (primary N) is 1. The zero-order valence-corrected chi connectivity index (χ0v) is 10.7. The van der Waals surface area contributed by atoms with E-state index in [0.717, 1.165) is 5.00 Å². The zero-order chi connectivity index (χ0) is 12.0. The second kappa shape index (κ2) is 3.64. The van der Waals surface area contributed by atoms with E-state index in [1.54, 1.807) is 11.3 Å². The number of nitrogen functional groups attached to an aromatic ring is 1. The highest BCUT2D eigenvalue weighted by atomic mass is 32.1. The second-order valence-electron chi connectivity index (χ2n) is 4.36. The predicted octanol–water partition coefficient (Wildman–Crippen LogP) is 3.80. The summed E-state index contributed by atoms with van der Waals surface area (Å²) >= 11 is 1.59. The summed E-state index contributed by atoms with van der Waals surface area (Å²) in [5, 5.41) is 4.25. The van der Waals surface area contributed by atoms with Crippen molar-refractivity contribution >= 4 is 27.2 Å². The molecule has 3 rings (SSSR count). The summed E-state index contributed by atoms with van der Waals surface area (Å²) in [6, 6.07) is 10.8. The second-order valence-corrected chi connectivity index (χ2v) is 5.30. The topological polar surface area (TPSA) is 30.9 Å². The average molecular weight is 242 g/mol. The first kappa shape index (κ1) is 10.4. The molecule has 0 amide bonds. The van der Waals surface area contributed by atoms with E-state index in [2.05, 4.69) is 48.2 Å². The van der Waals surface area contributed by atoms with Gasteiger partial charge in [-0.05, 0) is 42.3 Å². The Balaban J connectivity index is 2.20. The fraction of sp³-hybridized carbons (Fsp3) is 0.143. The molecule has 2 aromatic heterocycles. The first-order valence-electron chi connectivity index (χ1n) is 5.55. The first-order valence-corrected chi connectivity index (χ1v) is 6.43. The van der Waals surface area contributed by atoms with Crippen molar-refractivity contribution in [3.63, 3.8) is 0 Å². The molecule has 0 radical (unpaired) electrons. The Kier molecular flexibility index (Phi) is 2.23. The summed E-state index contributed by atoms with van der Waals surface area (Å²) in [4.78, 5) is 0. The van der Waals surface area contributed by atoms with Crippen LogP contribution < -0.4 is 5.73 Å². The highest BCUT2D eigenvalue weighted by molar-refractivity contribution is 7.14. The summed E-state index contributed by atoms with van der Waals surface area (Å²) in [7, 11) is 2.10. The molecule has 0 aliphatic carbocycles. The molecule has 2 nitrogen and oxygen atoms in total. The van der Waals surface area contributed by atoms with Gasteiger partial charge in [0.25, 0.3) is 0 Å². The van der Waals surface area contributed by atoms with E-state index in [9.17, 15) is 0 Å². The molecule has 0 saturated carbocycles. The molecule has 3 aromatic rings. The zero-order valence-electron chi connectivity index (χ0n) is 9.90. The van der Waals surface area contributed by atoms with Crippen LogP contribution >= 0.6 is 11.3 Å². The number of fused-ring (bicyclic) bond motifs is 1. The van der Waals surface area contributed by atoms with Gasteiger partial charge in [0.2, 0.25) is 0 Å². The summed E-state index contributed by atoms with van der Waals surface area (Å²) < 4.78 is 2.21. The third-order valence-corrected chi connectivity index (χ3v) is 4.00. The number of anilines is 1. The number of aryl methyl sites for hydroxylation is 2. The fourth-order valence-electron chi connectivity index (χ4n) is 2.17. The van der Waals surface area contributed by atoms with E-state index in [-0.39, 0.29) is 0 Å². The minimum Gasteiger partial charge on any atom is -0.391 e. The average Bonchev–Trinajstić information content (AvgIpc) is 2.85. The molecule has 0 unspecified atom stereocenters. The number of hydrogen-bond donors (Lipinski definition) is 1. The molecular weight excluding hydrogens is 228 g/mol. The first-order chi connectivity index (χ1) is 8.15. The third-order valence-electron chi connectivity index (χ3n) is 3.24. The largest absolute Gasteiger partial charge is 0.391 e. The van der Waals surface area contributed by atoms with E-state index >= 15 is 0 Å². The van der Waals surface area contributed by atoms with Gasteiger partial charge in [-0.25, -0.2) is 0 Å². The molecule has 0 aliphatic heterocycles. The number of aromatic nitrogens is 1. The van der Waals surface area contributed by atoms with Gasteiger partial charge in [0.05, 0.1) is 5.00 Å². The van der Waals surface area contributed by atoms with Crippen molar-refractivity contribution in [3.05, 3.63) is 41.4 Å². The molecular formula is C14H14N2S. The van der Waals surface area contributed by atoms with Gasteiger partial charge in [0.15, 0.2) is 0 Å². The van der Waals surface area contributed by atoms with Crippen molar-refractivity contribution < 1.29 is 0 Å². The van der Waals surface area contributed by atoms with Crippen molar-refractivity contribution in [1.82, 2.24) is 4.57 Å². The van der Waals surface area contributed by atoms with E-state index in [1.807, 2.05) is 6.07 Å². The Labute approximate surface area is 104 Å². The van der Waals surface area contributed by atoms with Gasteiger partial charge < -0.3 is 10.3 Å². The lowest BCUT2D eigenvalue weighted by atomic mass is 10.1. The van der Waals surface area contributed by atoms with E-state index in [4.69, 9.17) is 5.73 Å². The Morgan fingerprint density at radius 1 is 1.12 bits per heavy atom. The van der Waals surface area contributed by atoms with Crippen molar-refractivity contribution in [2.24, 2.45) is 7.05 Å². The molecule has 2 heterocycles. The molecule has 0 saturated heterocycles. The highest BCUT2D eigenvalue weighted by Crippen LogP contribution is 2.30. The SMILES string of the molecule is Cc1cc2cc(-c3csc(N)c3)ccc2n1C.